The van der Waals surface area contributed by atoms with Crippen LogP contribution in [0.25, 0.3) is 0 Å². The molecular weight excluding hydrogens is 278 g/mol. The zero-order valence-electron chi connectivity index (χ0n) is 12.5. The average molecular weight is 308 g/mol. The summed E-state index contributed by atoms with van der Waals surface area (Å²) >= 11 is 1.88. The van der Waals surface area contributed by atoms with E-state index in [9.17, 15) is 8.42 Å². The molecule has 1 saturated carbocycles. The van der Waals surface area contributed by atoms with Crippen LogP contribution in [-0.2, 0) is 9.84 Å². The van der Waals surface area contributed by atoms with E-state index in [0.29, 0.717) is 12.0 Å². The molecule has 0 aromatic rings. The highest BCUT2D eigenvalue weighted by Crippen LogP contribution is 2.32. The molecule has 19 heavy (non-hydrogen) atoms. The monoisotopic (exact) mass is 307 g/mol. The van der Waals surface area contributed by atoms with Crippen LogP contribution in [0.5, 0.6) is 0 Å². The van der Waals surface area contributed by atoms with E-state index < -0.39 is 9.84 Å². The van der Waals surface area contributed by atoms with Crippen LogP contribution in [0, 0.1) is 5.92 Å². The molecule has 3 unspecified atom stereocenters. The van der Waals surface area contributed by atoms with E-state index in [4.69, 9.17) is 0 Å². The Morgan fingerprint density at radius 3 is 2.68 bits per heavy atom. The Labute approximate surface area is 123 Å². The van der Waals surface area contributed by atoms with E-state index in [1.807, 2.05) is 11.8 Å². The van der Waals surface area contributed by atoms with Crippen molar-refractivity contribution in [3.05, 3.63) is 0 Å². The predicted molar refractivity (Wildman–Crippen MR) is 85.7 cm³/mol. The lowest BCUT2D eigenvalue weighted by Gasteiger charge is -2.34. The summed E-state index contributed by atoms with van der Waals surface area (Å²) < 4.78 is 23.5. The maximum Gasteiger partial charge on any atom is 0.150 e. The summed E-state index contributed by atoms with van der Waals surface area (Å²) in [7, 11) is -2.87. The summed E-state index contributed by atoms with van der Waals surface area (Å²) in [6.45, 7) is 3.22. The molecule has 1 aliphatic carbocycles. The van der Waals surface area contributed by atoms with Crippen LogP contribution in [-0.4, -0.2) is 44.5 Å². The van der Waals surface area contributed by atoms with Gasteiger partial charge in [0, 0.05) is 12.3 Å². The quantitative estimate of drug-likeness (QED) is 0.749. The van der Waals surface area contributed by atoms with Gasteiger partial charge in [0.25, 0.3) is 0 Å². The van der Waals surface area contributed by atoms with Gasteiger partial charge in [-0.1, -0.05) is 13.3 Å². The van der Waals surface area contributed by atoms with Crippen molar-refractivity contribution >= 4 is 21.6 Å². The third-order valence-corrected chi connectivity index (χ3v) is 6.41. The second-order valence-electron chi connectivity index (χ2n) is 5.72. The van der Waals surface area contributed by atoms with E-state index >= 15 is 0 Å². The van der Waals surface area contributed by atoms with Gasteiger partial charge in [0.2, 0.25) is 0 Å². The van der Waals surface area contributed by atoms with Crippen LogP contribution in [0.2, 0.25) is 0 Å². The third kappa shape index (κ3) is 6.05. The maximum atomic E-state index is 11.8. The molecule has 0 radical (unpaired) electrons. The molecule has 114 valence electrons. The minimum absolute atomic E-state index is 0.105. The summed E-state index contributed by atoms with van der Waals surface area (Å²) in [6, 6.07) is 0.497. The summed E-state index contributed by atoms with van der Waals surface area (Å²) in [4.78, 5) is 0. The van der Waals surface area contributed by atoms with E-state index in [1.54, 1.807) is 0 Å². The van der Waals surface area contributed by atoms with Crippen molar-refractivity contribution in [2.75, 3.05) is 24.8 Å². The Balaban J connectivity index is 2.61. The largest absolute Gasteiger partial charge is 0.314 e. The Hall–Kier alpha value is 0.260. The van der Waals surface area contributed by atoms with Gasteiger partial charge in [-0.15, -0.1) is 0 Å². The first-order chi connectivity index (χ1) is 8.99. The zero-order chi connectivity index (χ0) is 14.3. The molecule has 1 N–H and O–H groups in total. The van der Waals surface area contributed by atoms with E-state index in [0.717, 1.165) is 44.4 Å². The lowest BCUT2D eigenvalue weighted by atomic mass is 9.82. The molecule has 0 aromatic heterocycles. The standard InChI is InChI=1S/C14H29NO2S2/c1-4-9-15-14(8-10-18-2)12-6-5-7-13(11-12)19(3,16)17/h12-15H,4-11H2,1-3H3. The van der Waals surface area contributed by atoms with Crippen LogP contribution in [0.3, 0.4) is 0 Å². The van der Waals surface area contributed by atoms with Gasteiger partial charge in [0.05, 0.1) is 5.25 Å². The normalized spacial score (nSPS) is 26.3. The Kier molecular flexibility index (Phi) is 7.77. The fourth-order valence-electron chi connectivity index (χ4n) is 3.01. The summed E-state index contributed by atoms with van der Waals surface area (Å²) in [5, 5.41) is 3.53. The molecule has 0 bridgehead atoms. The van der Waals surface area contributed by atoms with Crippen molar-refractivity contribution in [2.24, 2.45) is 5.92 Å². The first-order valence-corrected chi connectivity index (χ1v) is 10.7. The van der Waals surface area contributed by atoms with E-state index in [2.05, 4.69) is 18.5 Å². The SMILES string of the molecule is CCCNC(CCSC)C1CCCC(S(C)(=O)=O)C1. The van der Waals surface area contributed by atoms with Crippen LogP contribution in [0.1, 0.15) is 45.4 Å². The van der Waals surface area contributed by atoms with Gasteiger partial charge >= 0.3 is 0 Å². The minimum Gasteiger partial charge on any atom is -0.314 e. The molecule has 1 rings (SSSR count). The first kappa shape index (κ1) is 17.3. The molecule has 0 aliphatic heterocycles. The van der Waals surface area contributed by atoms with Crippen LogP contribution >= 0.6 is 11.8 Å². The number of nitrogens with one attached hydrogen (secondary N) is 1. The highest BCUT2D eigenvalue weighted by Gasteiger charge is 2.32. The van der Waals surface area contributed by atoms with Gasteiger partial charge in [0.1, 0.15) is 9.84 Å². The molecular formula is C14H29NO2S2. The lowest BCUT2D eigenvalue weighted by Crippen LogP contribution is -2.41. The molecule has 1 fully saturated rings. The number of hydrogen-bond donors (Lipinski definition) is 1. The summed E-state index contributed by atoms with van der Waals surface area (Å²) in [6.07, 6.45) is 9.79. The van der Waals surface area contributed by atoms with Gasteiger partial charge in [-0.25, -0.2) is 8.42 Å². The van der Waals surface area contributed by atoms with Crippen molar-refractivity contribution in [3.63, 3.8) is 0 Å². The number of hydrogen-bond acceptors (Lipinski definition) is 4. The van der Waals surface area contributed by atoms with Gasteiger partial charge in [-0.2, -0.15) is 11.8 Å². The summed E-state index contributed by atoms with van der Waals surface area (Å²) in [5.41, 5.74) is 0. The first-order valence-electron chi connectivity index (χ1n) is 7.40. The number of sulfone groups is 1. The van der Waals surface area contributed by atoms with Crippen LogP contribution < -0.4 is 5.32 Å². The molecule has 0 heterocycles. The minimum atomic E-state index is -2.87. The van der Waals surface area contributed by atoms with E-state index in [-0.39, 0.29) is 5.25 Å². The molecule has 3 nitrogen and oxygen atoms in total. The number of rotatable bonds is 8. The predicted octanol–water partition coefficient (Wildman–Crippen LogP) is 2.71. The molecule has 0 amide bonds. The molecule has 5 heteroatoms. The maximum absolute atomic E-state index is 11.8. The second kappa shape index (κ2) is 8.53. The lowest BCUT2D eigenvalue weighted by molar-refractivity contribution is 0.265. The smallest absolute Gasteiger partial charge is 0.150 e. The average Bonchev–Trinajstić information content (AvgIpc) is 2.38. The fourth-order valence-corrected chi connectivity index (χ4v) is 4.70. The Bertz CT molecular complexity index is 335. The molecule has 1 aliphatic rings. The van der Waals surface area contributed by atoms with Crippen molar-refractivity contribution in [1.82, 2.24) is 5.32 Å². The van der Waals surface area contributed by atoms with Crippen molar-refractivity contribution in [3.8, 4) is 0 Å². The molecule has 0 saturated heterocycles. The van der Waals surface area contributed by atoms with Gasteiger partial charge in [-0.05, 0) is 56.6 Å². The topological polar surface area (TPSA) is 46.2 Å². The van der Waals surface area contributed by atoms with Crippen molar-refractivity contribution in [2.45, 2.75) is 56.7 Å². The molecule has 0 spiro atoms. The molecule has 0 aromatic carbocycles. The Morgan fingerprint density at radius 2 is 2.11 bits per heavy atom. The summed E-state index contributed by atoms with van der Waals surface area (Å²) in [5.74, 6) is 1.69. The number of thioether (sulfide) groups is 1. The fraction of sp³-hybridized carbons (Fsp3) is 1.00. The van der Waals surface area contributed by atoms with Crippen LogP contribution in [0.15, 0.2) is 0 Å². The van der Waals surface area contributed by atoms with Crippen molar-refractivity contribution < 1.29 is 8.42 Å². The van der Waals surface area contributed by atoms with Gasteiger partial charge in [-0.3, -0.25) is 0 Å². The van der Waals surface area contributed by atoms with Gasteiger partial charge < -0.3 is 5.32 Å². The van der Waals surface area contributed by atoms with Gasteiger partial charge in [0.15, 0.2) is 0 Å². The highest BCUT2D eigenvalue weighted by atomic mass is 32.2. The highest BCUT2D eigenvalue weighted by molar-refractivity contribution is 7.98. The van der Waals surface area contributed by atoms with Crippen molar-refractivity contribution in [1.29, 1.82) is 0 Å². The zero-order valence-corrected chi connectivity index (χ0v) is 14.2. The molecule has 3 atom stereocenters. The third-order valence-electron chi connectivity index (χ3n) is 4.13. The van der Waals surface area contributed by atoms with Crippen LogP contribution in [0.4, 0.5) is 0 Å². The Morgan fingerprint density at radius 1 is 1.37 bits per heavy atom. The second-order valence-corrected chi connectivity index (χ2v) is 9.03. The van der Waals surface area contributed by atoms with E-state index in [1.165, 1.54) is 12.7 Å².